The maximum atomic E-state index is 12.9. The van der Waals surface area contributed by atoms with Crippen molar-refractivity contribution in [1.82, 2.24) is 10.6 Å². The van der Waals surface area contributed by atoms with Crippen molar-refractivity contribution in [3.63, 3.8) is 0 Å². The Kier molecular flexibility index (Phi) is 11.2. The maximum Gasteiger partial charge on any atom is 0.416 e. The van der Waals surface area contributed by atoms with E-state index < -0.39 is 48.5 Å². The zero-order chi connectivity index (χ0) is 27.8. The zero-order valence-electron chi connectivity index (χ0n) is 19.0. The molecule has 1 atom stereocenters. The second kappa shape index (κ2) is 13.1. The molecule has 2 aromatic carbocycles. The van der Waals surface area contributed by atoms with Crippen LogP contribution in [0.25, 0.3) is 0 Å². The van der Waals surface area contributed by atoms with Crippen LogP contribution in [-0.4, -0.2) is 40.4 Å². The number of carbonyl (C=O) groups excluding carboxylic acids is 2. The largest absolute Gasteiger partial charge is 0.506 e. The molecule has 7 N–H and O–H groups in total. The van der Waals surface area contributed by atoms with Gasteiger partial charge in [-0.1, -0.05) is 11.6 Å². The number of halogens is 5. The van der Waals surface area contributed by atoms with Crippen molar-refractivity contribution in [3.05, 3.63) is 62.1 Å². The van der Waals surface area contributed by atoms with Crippen molar-refractivity contribution < 1.29 is 37.8 Å². The number of alkyl halides is 3. The molecule has 0 saturated carbocycles. The highest BCUT2D eigenvalue weighted by molar-refractivity contribution is 9.10. The summed E-state index contributed by atoms with van der Waals surface area (Å²) in [5, 5.41) is 30.3. The molecule has 0 saturated heterocycles. The second-order valence-electron chi connectivity index (χ2n) is 7.49. The lowest BCUT2D eigenvalue weighted by Gasteiger charge is -2.20. The fraction of sp³-hybridized carbons (Fsp3) is 0.273. The molecule has 2 rings (SSSR count). The number of amides is 2. The highest BCUT2D eigenvalue weighted by atomic mass is 79.9. The standard InChI is InChI=1S/C20H17BrClF3N2O5.C2H6N2/c1-9-2-10(4-11(3-9)20(23,24)25)19(32)26-8-16(28)27-15(7-17(29)30)13-5-12(22)6-14(21)18(13)31;1-2(3)4/h2-6,15,31H,7-8H2,1H3,(H,26,32)(H,27,28)(H,29,30);1H3,(H3,3,4). The third kappa shape index (κ3) is 10.1. The van der Waals surface area contributed by atoms with E-state index in [1.165, 1.54) is 32.0 Å². The van der Waals surface area contributed by atoms with Gasteiger partial charge in [0.05, 0.1) is 34.9 Å². The van der Waals surface area contributed by atoms with Crippen molar-refractivity contribution in [2.75, 3.05) is 6.54 Å². The highest BCUT2D eigenvalue weighted by Crippen LogP contribution is 2.36. The highest BCUT2D eigenvalue weighted by Gasteiger charge is 2.31. The van der Waals surface area contributed by atoms with Crippen LogP contribution in [0.3, 0.4) is 0 Å². The first-order valence-corrected chi connectivity index (χ1v) is 11.1. The number of phenolic OH excluding ortho intramolecular Hbond substituents is 1. The molecule has 0 fully saturated rings. The van der Waals surface area contributed by atoms with Crippen LogP contribution in [0.2, 0.25) is 5.02 Å². The number of hydrogen-bond donors (Lipinski definition) is 6. The maximum absolute atomic E-state index is 12.9. The van der Waals surface area contributed by atoms with Gasteiger partial charge in [0.25, 0.3) is 5.91 Å². The number of aromatic hydroxyl groups is 1. The third-order valence-electron chi connectivity index (χ3n) is 4.22. The fourth-order valence-electron chi connectivity index (χ4n) is 2.85. The Morgan fingerprint density at radius 1 is 1.19 bits per heavy atom. The summed E-state index contributed by atoms with van der Waals surface area (Å²) in [4.78, 5) is 35.7. The first kappa shape index (κ1) is 30.7. The normalized spacial score (nSPS) is 11.5. The van der Waals surface area contributed by atoms with Gasteiger partial charge in [-0.15, -0.1) is 0 Å². The van der Waals surface area contributed by atoms with Crippen LogP contribution in [0.1, 0.15) is 46.4 Å². The van der Waals surface area contributed by atoms with Crippen molar-refractivity contribution in [2.24, 2.45) is 5.73 Å². The van der Waals surface area contributed by atoms with Crippen LogP contribution in [0.15, 0.2) is 34.8 Å². The average molecular weight is 596 g/mol. The van der Waals surface area contributed by atoms with Crippen molar-refractivity contribution in [3.8, 4) is 5.75 Å². The third-order valence-corrected chi connectivity index (χ3v) is 5.05. The van der Waals surface area contributed by atoms with E-state index in [0.717, 1.165) is 6.07 Å². The van der Waals surface area contributed by atoms with Crippen molar-refractivity contribution in [2.45, 2.75) is 32.5 Å². The van der Waals surface area contributed by atoms with Gasteiger partial charge in [0.1, 0.15) is 5.75 Å². The van der Waals surface area contributed by atoms with E-state index in [9.17, 15) is 32.7 Å². The number of benzene rings is 2. The molecule has 2 amide bonds. The van der Waals surface area contributed by atoms with Crippen molar-refractivity contribution in [1.29, 1.82) is 5.41 Å². The summed E-state index contributed by atoms with van der Waals surface area (Å²) in [5.41, 5.74) is 3.64. The van der Waals surface area contributed by atoms with Gasteiger partial charge in [-0.05, 0) is 65.7 Å². The van der Waals surface area contributed by atoms with Gasteiger partial charge >= 0.3 is 12.1 Å². The lowest BCUT2D eigenvalue weighted by molar-refractivity contribution is -0.138. The Morgan fingerprint density at radius 2 is 1.78 bits per heavy atom. The number of nitrogens with two attached hydrogens (primary N) is 1. The molecule has 2 aromatic rings. The quantitative estimate of drug-likeness (QED) is 0.208. The average Bonchev–Trinajstić information content (AvgIpc) is 2.72. The Balaban J connectivity index is 0.00000150. The molecule has 0 aliphatic carbocycles. The summed E-state index contributed by atoms with van der Waals surface area (Å²) >= 11 is 9.00. The molecule has 0 heterocycles. The number of aryl methyl sites for hydroxylation is 1. The summed E-state index contributed by atoms with van der Waals surface area (Å²) < 4.78 is 39.0. The van der Waals surface area contributed by atoms with Crippen LogP contribution >= 0.6 is 27.5 Å². The minimum atomic E-state index is -4.64. The Hall–Kier alpha value is -3.32. The van der Waals surface area contributed by atoms with E-state index in [1.807, 2.05) is 0 Å². The van der Waals surface area contributed by atoms with E-state index in [0.29, 0.717) is 6.07 Å². The minimum absolute atomic E-state index is 0.0277. The Bertz CT molecular complexity index is 1160. The molecule has 0 aromatic heterocycles. The number of aliphatic carboxylic acids is 1. The summed E-state index contributed by atoms with van der Waals surface area (Å²) in [5.74, 6) is -3.19. The first-order chi connectivity index (χ1) is 16.5. The molecule has 0 bridgehead atoms. The monoisotopic (exact) mass is 594 g/mol. The number of carbonyl (C=O) groups is 3. The fourth-order valence-corrected chi connectivity index (χ4v) is 3.68. The van der Waals surface area contributed by atoms with Crippen LogP contribution in [0.5, 0.6) is 5.75 Å². The topological polar surface area (TPSA) is 166 Å². The van der Waals surface area contributed by atoms with Crippen molar-refractivity contribution >= 4 is 51.2 Å². The molecule has 14 heteroatoms. The molecule has 0 radical (unpaired) electrons. The summed E-state index contributed by atoms with van der Waals surface area (Å²) in [6.45, 7) is 2.28. The first-order valence-electron chi connectivity index (χ1n) is 9.98. The van der Waals surface area contributed by atoms with Gasteiger partial charge in [-0.2, -0.15) is 13.2 Å². The predicted molar refractivity (Wildman–Crippen MR) is 130 cm³/mol. The van der Waals surface area contributed by atoms with E-state index in [-0.39, 0.29) is 37.8 Å². The molecule has 36 heavy (non-hydrogen) atoms. The lowest BCUT2D eigenvalue weighted by Crippen LogP contribution is -2.39. The molecule has 0 aliphatic rings. The number of carboxylic acids is 1. The smallest absolute Gasteiger partial charge is 0.416 e. The SMILES string of the molecule is CC(=N)N.Cc1cc(C(=O)NCC(=O)NC(CC(=O)O)c2cc(Cl)cc(Br)c2O)cc(C(F)(F)F)c1. The van der Waals surface area contributed by atoms with Gasteiger partial charge < -0.3 is 26.6 Å². The molecule has 1 unspecified atom stereocenters. The Labute approximate surface area is 217 Å². The van der Waals surface area contributed by atoms with E-state index in [4.69, 9.17) is 27.9 Å². The number of amidine groups is 1. The Morgan fingerprint density at radius 3 is 2.31 bits per heavy atom. The summed E-state index contributed by atoms with van der Waals surface area (Å²) in [6.07, 6.45) is -5.25. The molecular weight excluding hydrogens is 573 g/mol. The van der Waals surface area contributed by atoms with E-state index in [2.05, 4.69) is 26.6 Å². The van der Waals surface area contributed by atoms with Crippen LogP contribution in [0.4, 0.5) is 13.2 Å². The molecule has 196 valence electrons. The van der Waals surface area contributed by atoms with Crippen LogP contribution in [-0.2, 0) is 15.8 Å². The molecular formula is C22H23BrClF3N4O5. The van der Waals surface area contributed by atoms with Gasteiger partial charge in [-0.25, -0.2) is 0 Å². The lowest BCUT2D eigenvalue weighted by atomic mass is 10.0. The predicted octanol–water partition coefficient (Wildman–Crippen LogP) is 4.14. The number of nitrogens with one attached hydrogen (secondary N) is 3. The van der Waals surface area contributed by atoms with Gasteiger partial charge in [0.2, 0.25) is 5.91 Å². The second-order valence-corrected chi connectivity index (χ2v) is 8.79. The number of rotatable bonds is 7. The van der Waals surface area contributed by atoms with E-state index >= 15 is 0 Å². The molecule has 9 nitrogen and oxygen atoms in total. The summed E-state index contributed by atoms with van der Waals surface area (Å²) in [7, 11) is 0. The number of phenols is 1. The number of hydrogen-bond acceptors (Lipinski definition) is 5. The number of carboxylic acid groups (broad SMARTS) is 1. The van der Waals surface area contributed by atoms with E-state index in [1.54, 1.807) is 0 Å². The molecule has 0 spiro atoms. The molecule has 0 aliphatic heterocycles. The van der Waals surface area contributed by atoms with Gasteiger partial charge in [0, 0.05) is 16.1 Å². The van der Waals surface area contributed by atoms with Crippen LogP contribution < -0.4 is 16.4 Å². The van der Waals surface area contributed by atoms with Crippen LogP contribution in [0, 0.1) is 12.3 Å². The zero-order valence-corrected chi connectivity index (χ0v) is 21.3. The van der Waals surface area contributed by atoms with Gasteiger partial charge in [0.15, 0.2) is 0 Å². The summed E-state index contributed by atoms with van der Waals surface area (Å²) in [6, 6.07) is 4.24. The minimum Gasteiger partial charge on any atom is -0.506 e. The van der Waals surface area contributed by atoms with Gasteiger partial charge in [-0.3, -0.25) is 19.8 Å².